The first-order valence-electron chi connectivity index (χ1n) is 6.36. The van der Waals surface area contributed by atoms with E-state index in [0.717, 1.165) is 22.1 Å². The molecule has 0 bridgehead atoms. The lowest BCUT2D eigenvalue weighted by molar-refractivity contribution is -0.139. The van der Waals surface area contributed by atoms with Crippen molar-refractivity contribution in [2.45, 2.75) is 45.3 Å². The van der Waals surface area contributed by atoms with E-state index in [1.807, 2.05) is 27.7 Å². The number of aromatic nitrogens is 2. The van der Waals surface area contributed by atoms with Crippen molar-refractivity contribution in [3.63, 3.8) is 0 Å². The second-order valence-electron chi connectivity index (χ2n) is 4.39. The van der Waals surface area contributed by atoms with E-state index in [0.29, 0.717) is 18.7 Å². The summed E-state index contributed by atoms with van der Waals surface area (Å²) >= 11 is 1.50. The minimum Gasteiger partial charge on any atom is -0.480 e. The van der Waals surface area contributed by atoms with Crippen LogP contribution in [0.3, 0.4) is 0 Å². The van der Waals surface area contributed by atoms with Crippen LogP contribution in [0.25, 0.3) is 0 Å². The van der Waals surface area contributed by atoms with Crippen LogP contribution < -0.4 is 5.32 Å². The molecule has 6 heteroatoms. The first-order chi connectivity index (χ1) is 8.95. The Kier molecular flexibility index (Phi) is 6.24. The maximum absolute atomic E-state index is 11.0. The summed E-state index contributed by atoms with van der Waals surface area (Å²) in [5.74, 6) is -0.119. The van der Waals surface area contributed by atoms with Crippen LogP contribution in [0.1, 0.15) is 30.3 Å². The van der Waals surface area contributed by atoms with Gasteiger partial charge in [0.1, 0.15) is 6.04 Å². The van der Waals surface area contributed by atoms with E-state index in [1.165, 1.54) is 11.8 Å². The first-order valence-corrected chi connectivity index (χ1v) is 7.35. The van der Waals surface area contributed by atoms with Gasteiger partial charge >= 0.3 is 5.97 Å². The molecule has 0 aliphatic carbocycles. The predicted molar refractivity (Wildman–Crippen MR) is 76.7 cm³/mol. The Balaban J connectivity index is 2.55. The van der Waals surface area contributed by atoms with Gasteiger partial charge in [-0.05, 0) is 39.3 Å². The fourth-order valence-electron chi connectivity index (χ4n) is 1.63. The van der Waals surface area contributed by atoms with Gasteiger partial charge in [0, 0.05) is 17.1 Å². The number of nitrogens with zero attached hydrogens (tertiary/aromatic N) is 2. The average Bonchev–Trinajstić information content (AvgIpc) is 2.34. The molecule has 1 aromatic heterocycles. The van der Waals surface area contributed by atoms with E-state index in [1.54, 1.807) is 0 Å². The molecule has 1 rings (SSSR count). The highest BCUT2D eigenvalue weighted by molar-refractivity contribution is 7.99. The number of nitrogens with one attached hydrogen (secondary N) is 1. The first kappa shape index (κ1) is 15.9. The number of thioether (sulfide) groups is 1. The molecule has 0 spiro atoms. The lowest BCUT2D eigenvalue weighted by Crippen LogP contribution is -2.36. The Hall–Kier alpha value is -1.14. The SMILES string of the molecule is CCNC(CCSc1nc(C)c(C)c(C)n1)C(=O)O. The molecule has 0 radical (unpaired) electrons. The summed E-state index contributed by atoms with van der Waals surface area (Å²) in [5, 5.41) is 12.7. The molecule has 5 nitrogen and oxygen atoms in total. The fourth-order valence-corrected chi connectivity index (χ4v) is 2.57. The van der Waals surface area contributed by atoms with E-state index in [9.17, 15) is 4.79 Å². The quantitative estimate of drug-likeness (QED) is 0.588. The Bertz CT molecular complexity index is 429. The van der Waals surface area contributed by atoms with Gasteiger partial charge in [-0.1, -0.05) is 18.7 Å². The zero-order valence-electron chi connectivity index (χ0n) is 11.9. The molecule has 1 unspecified atom stereocenters. The maximum Gasteiger partial charge on any atom is 0.320 e. The summed E-state index contributed by atoms with van der Waals surface area (Å²) in [6.45, 7) is 8.49. The van der Waals surface area contributed by atoms with Crippen LogP contribution >= 0.6 is 11.8 Å². The van der Waals surface area contributed by atoms with Crippen LogP contribution in [-0.4, -0.2) is 39.4 Å². The zero-order chi connectivity index (χ0) is 14.4. The third kappa shape index (κ3) is 4.80. The molecular weight excluding hydrogens is 262 g/mol. The number of carboxylic acid groups (broad SMARTS) is 1. The smallest absolute Gasteiger partial charge is 0.320 e. The van der Waals surface area contributed by atoms with Crippen LogP contribution in [0.2, 0.25) is 0 Å². The third-order valence-electron chi connectivity index (χ3n) is 3.00. The minimum absolute atomic E-state index is 0.495. The minimum atomic E-state index is -0.806. The number of likely N-dealkylation sites (N-methyl/N-ethyl adjacent to an activating group) is 1. The van der Waals surface area contributed by atoms with Crippen LogP contribution in [-0.2, 0) is 4.79 Å². The van der Waals surface area contributed by atoms with Crippen LogP contribution in [0.15, 0.2) is 5.16 Å². The molecule has 0 aliphatic rings. The number of carboxylic acids is 1. The fraction of sp³-hybridized carbons (Fsp3) is 0.615. The Morgan fingerprint density at radius 1 is 1.32 bits per heavy atom. The molecular formula is C13H21N3O2S. The number of rotatable bonds is 7. The van der Waals surface area contributed by atoms with Gasteiger partial charge in [-0.3, -0.25) is 4.79 Å². The Labute approximate surface area is 118 Å². The zero-order valence-corrected chi connectivity index (χ0v) is 12.7. The normalized spacial score (nSPS) is 12.4. The van der Waals surface area contributed by atoms with Crippen LogP contribution in [0.4, 0.5) is 0 Å². The number of carbonyl (C=O) groups is 1. The summed E-state index contributed by atoms with van der Waals surface area (Å²) in [4.78, 5) is 19.8. The highest BCUT2D eigenvalue weighted by atomic mass is 32.2. The average molecular weight is 283 g/mol. The van der Waals surface area contributed by atoms with Gasteiger partial charge in [-0.15, -0.1) is 0 Å². The molecule has 106 valence electrons. The van der Waals surface area contributed by atoms with E-state index in [4.69, 9.17) is 5.11 Å². The van der Waals surface area contributed by atoms with Gasteiger partial charge in [0.25, 0.3) is 0 Å². The van der Waals surface area contributed by atoms with Crippen molar-refractivity contribution in [1.29, 1.82) is 0 Å². The maximum atomic E-state index is 11.0. The van der Waals surface area contributed by atoms with Crippen LogP contribution in [0, 0.1) is 20.8 Å². The standard InChI is InChI=1S/C13H21N3O2S/c1-5-14-11(12(17)18)6-7-19-13-15-9(3)8(2)10(4)16-13/h11,14H,5-7H2,1-4H3,(H,17,18). The van der Waals surface area contributed by atoms with Gasteiger partial charge in [0.2, 0.25) is 0 Å². The lowest BCUT2D eigenvalue weighted by atomic mass is 10.2. The monoisotopic (exact) mass is 283 g/mol. The molecule has 0 saturated carbocycles. The van der Waals surface area contributed by atoms with Crippen molar-refractivity contribution in [3.8, 4) is 0 Å². The summed E-state index contributed by atoms with van der Waals surface area (Å²) in [6.07, 6.45) is 0.559. The van der Waals surface area contributed by atoms with Crippen molar-refractivity contribution < 1.29 is 9.90 Å². The molecule has 1 heterocycles. The molecule has 0 saturated heterocycles. The number of hydrogen-bond donors (Lipinski definition) is 2. The van der Waals surface area contributed by atoms with E-state index >= 15 is 0 Å². The summed E-state index contributed by atoms with van der Waals surface area (Å²) in [6, 6.07) is -0.495. The van der Waals surface area contributed by atoms with Gasteiger partial charge in [-0.25, -0.2) is 9.97 Å². The van der Waals surface area contributed by atoms with Crippen molar-refractivity contribution >= 4 is 17.7 Å². The molecule has 0 fully saturated rings. The number of aryl methyl sites for hydroxylation is 2. The lowest BCUT2D eigenvalue weighted by Gasteiger charge is -2.12. The van der Waals surface area contributed by atoms with Gasteiger partial charge in [0.15, 0.2) is 5.16 Å². The molecule has 1 aromatic rings. The van der Waals surface area contributed by atoms with Gasteiger partial charge in [0.05, 0.1) is 0 Å². The molecule has 0 aliphatic heterocycles. The highest BCUT2D eigenvalue weighted by Crippen LogP contribution is 2.18. The van der Waals surface area contributed by atoms with Crippen molar-refractivity contribution in [2.75, 3.05) is 12.3 Å². The largest absolute Gasteiger partial charge is 0.480 e. The summed E-state index contributed by atoms with van der Waals surface area (Å²) in [5.41, 5.74) is 3.08. The molecule has 1 atom stereocenters. The van der Waals surface area contributed by atoms with Crippen LogP contribution in [0.5, 0.6) is 0 Å². The van der Waals surface area contributed by atoms with Crippen molar-refractivity contribution in [2.24, 2.45) is 0 Å². The van der Waals surface area contributed by atoms with E-state index < -0.39 is 12.0 Å². The third-order valence-corrected chi connectivity index (χ3v) is 3.88. The number of aliphatic carboxylic acids is 1. The molecule has 0 aromatic carbocycles. The van der Waals surface area contributed by atoms with Crippen molar-refractivity contribution in [3.05, 3.63) is 17.0 Å². The summed E-state index contributed by atoms with van der Waals surface area (Å²) in [7, 11) is 0. The second-order valence-corrected chi connectivity index (χ2v) is 5.45. The van der Waals surface area contributed by atoms with Gasteiger partial charge < -0.3 is 10.4 Å². The highest BCUT2D eigenvalue weighted by Gasteiger charge is 2.15. The van der Waals surface area contributed by atoms with Crippen molar-refractivity contribution in [1.82, 2.24) is 15.3 Å². The molecule has 19 heavy (non-hydrogen) atoms. The summed E-state index contributed by atoms with van der Waals surface area (Å²) < 4.78 is 0. The van der Waals surface area contributed by atoms with Gasteiger partial charge in [-0.2, -0.15) is 0 Å². The Morgan fingerprint density at radius 3 is 2.37 bits per heavy atom. The van der Waals surface area contributed by atoms with E-state index in [-0.39, 0.29) is 0 Å². The molecule has 2 N–H and O–H groups in total. The predicted octanol–water partition coefficient (Wildman–Crippen LogP) is 1.95. The topological polar surface area (TPSA) is 75.1 Å². The second kappa shape index (κ2) is 7.45. The Morgan fingerprint density at radius 2 is 1.89 bits per heavy atom. The number of hydrogen-bond acceptors (Lipinski definition) is 5. The van der Waals surface area contributed by atoms with E-state index in [2.05, 4.69) is 15.3 Å². The molecule has 0 amide bonds.